The first-order valence-electron chi connectivity index (χ1n) is 4.06. The van der Waals surface area contributed by atoms with E-state index in [9.17, 15) is 0 Å². The van der Waals surface area contributed by atoms with Crippen LogP contribution in [0.2, 0.25) is 0 Å². The highest BCUT2D eigenvalue weighted by atomic mass is 35.5. The summed E-state index contributed by atoms with van der Waals surface area (Å²) in [5.41, 5.74) is 0.972. The molecule has 2 aromatic heterocycles. The Bertz CT molecular complexity index is 518. The number of anilines is 2. The van der Waals surface area contributed by atoms with Gasteiger partial charge in [-0.3, -0.25) is 0 Å². The molecule has 0 bridgehead atoms. The van der Waals surface area contributed by atoms with Gasteiger partial charge < -0.3 is 0 Å². The largest absolute Gasteiger partial charge is 0.235 e. The molecule has 3 rings (SSSR count). The molecule has 0 spiro atoms. The molecule has 0 saturated carbocycles. The monoisotopic (exact) mass is 277 g/mol. The van der Waals surface area contributed by atoms with E-state index >= 15 is 0 Å². The lowest BCUT2D eigenvalue weighted by molar-refractivity contribution is 0.512. The molecule has 0 saturated heterocycles. The van der Waals surface area contributed by atoms with Gasteiger partial charge >= 0.3 is 0 Å². The van der Waals surface area contributed by atoms with Crippen molar-refractivity contribution in [2.24, 2.45) is 0 Å². The summed E-state index contributed by atoms with van der Waals surface area (Å²) < 4.78 is 3.09. The molecule has 1 aliphatic heterocycles. The Balaban J connectivity index is 2.43. The van der Waals surface area contributed by atoms with Crippen LogP contribution in [0.15, 0.2) is 12.3 Å². The maximum atomic E-state index is 5.96. The number of hydrogen-bond donors (Lipinski definition) is 0. The Hall–Kier alpha value is -1.15. The molecule has 0 radical (unpaired) electrons. The van der Waals surface area contributed by atoms with Gasteiger partial charge in [-0.25, -0.2) is 4.98 Å². The zero-order chi connectivity index (χ0) is 11.3. The number of aromatic nitrogens is 4. The van der Waals surface area contributed by atoms with Crippen molar-refractivity contribution in [2.75, 3.05) is 9.06 Å². The third-order valence-corrected chi connectivity index (χ3v) is 3.16. The fraction of sp³-hybridized carbons (Fsp3) is 0. The fourth-order valence-electron chi connectivity index (χ4n) is 1.41. The minimum atomic E-state index is 0.321. The first-order chi connectivity index (χ1) is 7.70. The zero-order valence-corrected chi connectivity index (χ0v) is 9.69. The molecule has 0 atom stereocenters. The normalized spacial score (nSPS) is 15.9. The van der Waals surface area contributed by atoms with Crippen molar-refractivity contribution in [1.82, 2.24) is 25.0 Å². The first kappa shape index (κ1) is 10.0. The first-order valence-corrected chi connectivity index (χ1v) is 5.07. The topological polar surface area (TPSA) is 61.3 Å². The maximum absolute atomic E-state index is 5.96. The molecule has 82 valence electrons. The van der Waals surface area contributed by atoms with E-state index in [-0.39, 0.29) is 0 Å². The number of hydrazine groups is 2. The van der Waals surface area contributed by atoms with Gasteiger partial charge in [-0.15, -0.1) is 10.2 Å². The van der Waals surface area contributed by atoms with Crippen molar-refractivity contribution in [1.29, 1.82) is 0 Å². The van der Waals surface area contributed by atoms with Crippen LogP contribution < -0.4 is 9.06 Å². The van der Waals surface area contributed by atoms with E-state index in [4.69, 9.17) is 35.3 Å². The van der Waals surface area contributed by atoms with Crippen LogP contribution in [0.5, 0.6) is 0 Å². The molecule has 1 aliphatic rings. The van der Waals surface area contributed by atoms with Crippen LogP contribution in [-0.4, -0.2) is 25.0 Å². The van der Waals surface area contributed by atoms with E-state index in [0.717, 1.165) is 13.7 Å². The third-order valence-electron chi connectivity index (χ3n) is 2.07. The second-order valence-corrected chi connectivity index (χ2v) is 3.85. The molecule has 0 aliphatic carbocycles. The molecule has 16 heavy (non-hydrogen) atoms. The van der Waals surface area contributed by atoms with Crippen molar-refractivity contribution in [2.45, 2.75) is 0 Å². The predicted molar refractivity (Wildman–Crippen MR) is 59.5 cm³/mol. The fourth-order valence-corrected chi connectivity index (χ4v) is 1.99. The predicted octanol–water partition coefficient (Wildman–Crippen LogP) is 1.64. The molecule has 0 fully saturated rings. The number of pyridine rings is 1. The van der Waals surface area contributed by atoms with Crippen LogP contribution in [0.3, 0.4) is 0 Å². The van der Waals surface area contributed by atoms with Crippen molar-refractivity contribution in [3.8, 4) is 0 Å². The summed E-state index contributed by atoms with van der Waals surface area (Å²) in [5, 5.41) is 11.7. The molecule has 0 amide bonds. The Kier molecular flexibility index (Phi) is 2.15. The van der Waals surface area contributed by atoms with E-state index in [2.05, 4.69) is 20.4 Å². The van der Waals surface area contributed by atoms with Crippen molar-refractivity contribution in [3.05, 3.63) is 12.3 Å². The van der Waals surface area contributed by atoms with Gasteiger partial charge in [-0.05, 0) is 15.9 Å². The lowest BCUT2D eigenvalue weighted by Crippen LogP contribution is -2.41. The summed E-state index contributed by atoms with van der Waals surface area (Å²) in [6.07, 6.45) is 1.54. The molecule has 10 heteroatoms. The minimum Gasteiger partial charge on any atom is -0.235 e. The Morgan fingerprint density at radius 3 is 2.69 bits per heavy atom. The Morgan fingerprint density at radius 1 is 1.06 bits per heavy atom. The molecular weight excluding hydrogens is 276 g/mol. The number of hydrogen-bond acceptors (Lipinski definition) is 7. The Morgan fingerprint density at radius 2 is 1.88 bits per heavy atom. The molecule has 0 N–H and O–H groups in total. The summed E-state index contributed by atoms with van der Waals surface area (Å²) in [6, 6.07) is 1.67. The van der Waals surface area contributed by atoms with Gasteiger partial charge in [0, 0.05) is 41.5 Å². The van der Waals surface area contributed by atoms with E-state index in [1.54, 1.807) is 12.3 Å². The van der Waals surface area contributed by atoms with E-state index in [1.165, 1.54) is 0 Å². The highest BCUT2D eigenvalue weighted by molar-refractivity contribution is 6.37. The van der Waals surface area contributed by atoms with Crippen LogP contribution >= 0.6 is 35.3 Å². The molecule has 3 heterocycles. The van der Waals surface area contributed by atoms with Crippen LogP contribution in [0, 0.1) is 0 Å². The average molecular weight is 278 g/mol. The van der Waals surface area contributed by atoms with Crippen LogP contribution in [0.25, 0.3) is 11.0 Å². The lowest BCUT2D eigenvalue weighted by Gasteiger charge is -2.33. The van der Waals surface area contributed by atoms with Crippen LogP contribution in [0.1, 0.15) is 0 Å². The van der Waals surface area contributed by atoms with E-state index in [1.807, 2.05) is 0 Å². The van der Waals surface area contributed by atoms with Crippen molar-refractivity contribution in [3.63, 3.8) is 0 Å². The second kappa shape index (κ2) is 3.42. The quantitative estimate of drug-likeness (QED) is 0.679. The summed E-state index contributed by atoms with van der Waals surface area (Å²) >= 11 is 17.7. The van der Waals surface area contributed by atoms with Gasteiger partial charge in [0.05, 0.1) is 11.1 Å². The lowest BCUT2D eigenvalue weighted by atomic mass is 10.2. The second-order valence-electron chi connectivity index (χ2n) is 2.90. The standard InChI is InChI=1S/C6H2Cl3N7/c7-14-3-1-2-10-5-4(3)6(12-13-11-5)15(8)16(14)9/h1-2H. The molecule has 0 unspecified atom stereocenters. The number of halogens is 3. The smallest absolute Gasteiger partial charge is 0.199 e. The van der Waals surface area contributed by atoms with Gasteiger partial charge in [-0.2, -0.15) is 9.06 Å². The summed E-state index contributed by atoms with van der Waals surface area (Å²) in [4.78, 5) is 4.03. The van der Waals surface area contributed by atoms with Crippen molar-refractivity contribution >= 4 is 57.9 Å². The molecule has 7 nitrogen and oxygen atoms in total. The molecule has 0 aromatic carbocycles. The minimum absolute atomic E-state index is 0.321. The number of rotatable bonds is 0. The van der Waals surface area contributed by atoms with E-state index < -0.39 is 0 Å². The van der Waals surface area contributed by atoms with E-state index in [0.29, 0.717) is 22.5 Å². The number of nitrogens with zero attached hydrogens (tertiary/aromatic N) is 7. The molecular formula is C6H2Cl3N7. The Labute approximate surface area is 104 Å². The van der Waals surface area contributed by atoms with Crippen LogP contribution in [-0.2, 0) is 0 Å². The SMILES string of the molecule is ClN1c2ccnc3nnnc(c23)N(Cl)N1Cl. The average Bonchev–Trinajstić information content (AvgIpc) is 2.33. The molecule has 2 aromatic rings. The van der Waals surface area contributed by atoms with Gasteiger partial charge in [0.25, 0.3) is 0 Å². The van der Waals surface area contributed by atoms with Gasteiger partial charge in [0.15, 0.2) is 11.5 Å². The summed E-state index contributed by atoms with van der Waals surface area (Å²) in [7, 11) is 0. The van der Waals surface area contributed by atoms with Crippen molar-refractivity contribution < 1.29 is 0 Å². The highest BCUT2D eigenvalue weighted by Crippen LogP contribution is 2.40. The summed E-state index contributed by atoms with van der Waals surface area (Å²) in [6.45, 7) is 0. The van der Waals surface area contributed by atoms with Gasteiger partial charge in [-0.1, -0.05) is 0 Å². The van der Waals surface area contributed by atoms with Gasteiger partial charge in [0.1, 0.15) is 0 Å². The zero-order valence-electron chi connectivity index (χ0n) is 7.42. The maximum Gasteiger partial charge on any atom is 0.199 e. The van der Waals surface area contributed by atoms with Crippen LogP contribution in [0.4, 0.5) is 11.5 Å². The van der Waals surface area contributed by atoms with Gasteiger partial charge in [0.2, 0.25) is 0 Å². The highest BCUT2D eigenvalue weighted by Gasteiger charge is 2.32. The third kappa shape index (κ3) is 1.20. The summed E-state index contributed by atoms with van der Waals surface area (Å²) in [5.74, 6) is 0.321.